The van der Waals surface area contributed by atoms with Crippen LogP contribution in [0.2, 0.25) is 0 Å². The standard InChI is InChI=1S/C24H18FN3O3/c25-17-10-11-18-19(12-17)26-15-27(24(18)30)13-23(29)28-20-8-4-5-9-22(20)31-14-21(28)16-6-2-1-3-7-16/h1-12,15,21H,13-14H2. The zero-order valence-corrected chi connectivity index (χ0v) is 16.4. The molecule has 0 fully saturated rings. The van der Waals surface area contributed by atoms with E-state index in [-0.39, 0.29) is 29.4 Å². The quantitative estimate of drug-likeness (QED) is 0.512. The minimum absolute atomic E-state index is 0.198. The van der Waals surface area contributed by atoms with Crippen LogP contribution in [-0.4, -0.2) is 22.1 Å². The fraction of sp³-hybridized carbons (Fsp3) is 0.125. The van der Waals surface area contributed by atoms with Crippen molar-refractivity contribution in [3.63, 3.8) is 0 Å². The first-order chi connectivity index (χ1) is 15.1. The van der Waals surface area contributed by atoms with E-state index in [0.29, 0.717) is 18.0 Å². The summed E-state index contributed by atoms with van der Waals surface area (Å²) in [5.74, 6) is -0.124. The lowest BCUT2D eigenvalue weighted by molar-refractivity contribution is -0.120. The Morgan fingerprint density at radius 3 is 2.68 bits per heavy atom. The molecule has 1 aromatic heterocycles. The molecule has 0 saturated carbocycles. The molecular formula is C24H18FN3O3. The second-order valence-corrected chi connectivity index (χ2v) is 7.31. The lowest BCUT2D eigenvalue weighted by atomic mass is 10.0. The first-order valence-corrected chi connectivity index (χ1v) is 9.85. The average molecular weight is 415 g/mol. The number of rotatable bonds is 3. The second-order valence-electron chi connectivity index (χ2n) is 7.31. The highest BCUT2D eigenvalue weighted by Gasteiger charge is 2.33. The van der Waals surface area contributed by atoms with Gasteiger partial charge >= 0.3 is 0 Å². The Morgan fingerprint density at radius 1 is 1.06 bits per heavy atom. The van der Waals surface area contributed by atoms with Gasteiger partial charge in [0.1, 0.15) is 24.7 Å². The third kappa shape index (κ3) is 3.44. The number of hydrogen-bond acceptors (Lipinski definition) is 4. The SMILES string of the molecule is O=C(Cn1cnc2cc(F)ccc2c1=O)N1c2ccccc2OCC1c1ccccc1. The van der Waals surface area contributed by atoms with Crippen LogP contribution in [0.15, 0.2) is 83.9 Å². The van der Waals surface area contributed by atoms with Gasteiger partial charge < -0.3 is 4.74 Å². The summed E-state index contributed by atoms with van der Waals surface area (Å²) >= 11 is 0. The van der Waals surface area contributed by atoms with E-state index >= 15 is 0 Å². The molecule has 0 bridgehead atoms. The third-order valence-corrected chi connectivity index (χ3v) is 5.38. The van der Waals surface area contributed by atoms with Crippen molar-refractivity contribution in [2.45, 2.75) is 12.6 Å². The highest BCUT2D eigenvalue weighted by Crippen LogP contribution is 2.39. The highest BCUT2D eigenvalue weighted by atomic mass is 19.1. The number of carbonyl (C=O) groups is 1. The number of aromatic nitrogens is 2. The van der Waals surface area contributed by atoms with Crippen LogP contribution in [0.3, 0.4) is 0 Å². The summed E-state index contributed by atoms with van der Waals surface area (Å²) in [6.45, 7) is 0.105. The topological polar surface area (TPSA) is 64.4 Å². The lowest BCUT2D eigenvalue weighted by Crippen LogP contribution is -2.43. The van der Waals surface area contributed by atoms with Crippen LogP contribution in [-0.2, 0) is 11.3 Å². The molecule has 1 unspecified atom stereocenters. The fourth-order valence-electron chi connectivity index (χ4n) is 3.88. The second kappa shape index (κ2) is 7.68. The maximum absolute atomic E-state index is 13.5. The van der Waals surface area contributed by atoms with Crippen molar-refractivity contribution in [3.8, 4) is 5.75 Å². The molecule has 31 heavy (non-hydrogen) atoms. The molecule has 1 aliphatic heterocycles. The number of para-hydroxylation sites is 2. The molecule has 5 rings (SSSR count). The summed E-state index contributed by atoms with van der Waals surface area (Å²) in [6, 6.07) is 20.4. The van der Waals surface area contributed by atoms with Crippen molar-refractivity contribution in [1.29, 1.82) is 0 Å². The Bertz CT molecular complexity index is 1340. The fourth-order valence-corrected chi connectivity index (χ4v) is 3.88. The van der Waals surface area contributed by atoms with Crippen LogP contribution in [0.4, 0.5) is 10.1 Å². The number of amides is 1. The van der Waals surface area contributed by atoms with Gasteiger partial charge in [-0.25, -0.2) is 9.37 Å². The smallest absolute Gasteiger partial charge is 0.261 e. The number of hydrogen-bond donors (Lipinski definition) is 0. The Balaban J connectivity index is 1.54. The lowest BCUT2D eigenvalue weighted by Gasteiger charge is -2.37. The number of anilines is 1. The molecule has 0 spiro atoms. The van der Waals surface area contributed by atoms with Crippen LogP contribution in [0.1, 0.15) is 11.6 Å². The molecule has 7 heteroatoms. The average Bonchev–Trinajstić information content (AvgIpc) is 2.80. The number of ether oxygens (including phenoxy) is 1. The normalized spacial score (nSPS) is 15.4. The van der Waals surface area contributed by atoms with E-state index in [1.54, 1.807) is 4.90 Å². The molecule has 1 atom stereocenters. The maximum atomic E-state index is 13.5. The van der Waals surface area contributed by atoms with Crippen molar-refractivity contribution in [1.82, 2.24) is 9.55 Å². The van der Waals surface area contributed by atoms with Crippen LogP contribution < -0.4 is 15.2 Å². The summed E-state index contributed by atoms with van der Waals surface area (Å²) in [4.78, 5) is 32.2. The van der Waals surface area contributed by atoms with Crippen molar-refractivity contribution in [2.75, 3.05) is 11.5 Å². The van der Waals surface area contributed by atoms with Crippen LogP contribution in [0, 0.1) is 5.82 Å². The summed E-state index contributed by atoms with van der Waals surface area (Å²) in [7, 11) is 0. The summed E-state index contributed by atoms with van der Waals surface area (Å²) in [6.07, 6.45) is 1.28. The first kappa shape index (κ1) is 19.0. The molecule has 1 aliphatic rings. The van der Waals surface area contributed by atoms with Gasteiger partial charge in [-0.05, 0) is 29.8 Å². The Morgan fingerprint density at radius 2 is 1.84 bits per heavy atom. The Kier molecular flexibility index (Phi) is 4.71. The Hall–Kier alpha value is -4.00. The van der Waals surface area contributed by atoms with E-state index in [9.17, 15) is 14.0 Å². The van der Waals surface area contributed by atoms with E-state index in [1.165, 1.54) is 29.1 Å². The summed E-state index contributed by atoms with van der Waals surface area (Å²) in [5.41, 5.74) is 1.45. The van der Waals surface area contributed by atoms with E-state index in [0.717, 1.165) is 5.56 Å². The molecule has 2 heterocycles. The maximum Gasteiger partial charge on any atom is 0.261 e. The zero-order valence-electron chi connectivity index (χ0n) is 16.4. The molecule has 1 amide bonds. The molecule has 6 nitrogen and oxygen atoms in total. The van der Waals surface area contributed by atoms with Crippen molar-refractivity contribution >= 4 is 22.5 Å². The van der Waals surface area contributed by atoms with Gasteiger partial charge in [-0.1, -0.05) is 42.5 Å². The molecule has 0 aliphatic carbocycles. The van der Waals surface area contributed by atoms with Gasteiger partial charge in [0.25, 0.3) is 5.56 Å². The molecule has 0 N–H and O–H groups in total. The predicted molar refractivity (Wildman–Crippen MR) is 115 cm³/mol. The molecule has 154 valence electrons. The highest BCUT2D eigenvalue weighted by molar-refractivity contribution is 5.96. The molecular weight excluding hydrogens is 397 g/mol. The molecule has 4 aromatic rings. The summed E-state index contributed by atoms with van der Waals surface area (Å²) < 4.78 is 20.6. The number of nitrogens with zero attached hydrogens (tertiary/aromatic N) is 3. The van der Waals surface area contributed by atoms with Crippen LogP contribution in [0.25, 0.3) is 10.9 Å². The van der Waals surface area contributed by atoms with Gasteiger partial charge in [-0.3, -0.25) is 19.1 Å². The summed E-state index contributed by atoms with van der Waals surface area (Å²) in [5, 5.41) is 0.263. The molecule has 3 aromatic carbocycles. The third-order valence-electron chi connectivity index (χ3n) is 5.38. The van der Waals surface area contributed by atoms with Gasteiger partial charge in [-0.2, -0.15) is 0 Å². The van der Waals surface area contributed by atoms with E-state index in [2.05, 4.69) is 4.98 Å². The minimum Gasteiger partial charge on any atom is -0.489 e. The zero-order chi connectivity index (χ0) is 21.4. The van der Waals surface area contributed by atoms with Gasteiger partial charge in [0.2, 0.25) is 5.91 Å². The van der Waals surface area contributed by atoms with Gasteiger partial charge in [0.15, 0.2) is 0 Å². The van der Waals surface area contributed by atoms with Crippen molar-refractivity contribution < 1.29 is 13.9 Å². The number of halogens is 1. The monoisotopic (exact) mass is 415 g/mol. The first-order valence-electron chi connectivity index (χ1n) is 9.85. The van der Waals surface area contributed by atoms with Crippen LogP contribution >= 0.6 is 0 Å². The molecule has 0 saturated heterocycles. The molecule has 0 radical (unpaired) electrons. The van der Waals surface area contributed by atoms with Crippen molar-refractivity contribution in [2.24, 2.45) is 0 Å². The van der Waals surface area contributed by atoms with E-state index in [4.69, 9.17) is 4.74 Å². The van der Waals surface area contributed by atoms with E-state index in [1.807, 2.05) is 54.6 Å². The predicted octanol–water partition coefficient (Wildman–Crippen LogP) is 3.70. The van der Waals surface area contributed by atoms with Gasteiger partial charge in [-0.15, -0.1) is 0 Å². The van der Waals surface area contributed by atoms with E-state index < -0.39 is 11.4 Å². The number of fused-ring (bicyclic) bond motifs is 2. The van der Waals surface area contributed by atoms with Crippen LogP contribution in [0.5, 0.6) is 5.75 Å². The van der Waals surface area contributed by atoms with Gasteiger partial charge in [0.05, 0.1) is 29.0 Å². The minimum atomic E-state index is -0.469. The number of benzene rings is 3. The number of carbonyl (C=O) groups excluding carboxylic acids is 1. The Labute approximate surface area is 177 Å². The van der Waals surface area contributed by atoms with Crippen molar-refractivity contribution in [3.05, 3.63) is 101 Å². The van der Waals surface area contributed by atoms with Gasteiger partial charge in [0, 0.05) is 6.07 Å². The largest absolute Gasteiger partial charge is 0.489 e.